The second-order valence-corrected chi connectivity index (χ2v) is 6.74. The summed E-state index contributed by atoms with van der Waals surface area (Å²) in [5, 5.41) is 6.74. The summed E-state index contributed by atoms with van der Waals surface area (Å²) in [5.41, 5.74) is 0.651. The molecule has 110 valence electrons. The highest BCUT2D eigenvalue weighted by molar-refractivity contribution is 9.10. The van der Waals surface area contributed by atoms with E-state index in [-0.39, 0.29) is 5.91 Å². The number of carbonyl (C=O) groups excluding carboxylic acids is 1. The minimum atomic E-state index is -0.0491. The quantitative estimate of drug-likeness (QED) is 0.845. The maximum atomic E-state index is 12.0. The molecule has 2 atom stereocenters. The van der Waals surface area contributed by atoms with Gasteiger partial charge in [0.05, 0.1) is 17.3 Å². The molecule has 0 radical (unpaired) electrons. The first-order valence-electron chi connectivity index (χ1n) is 7.04. The molecule has 2 rings (SSSR count). The molecule has 3 nitrogen and oxygen atoms in total. The summed E-state index contributed by atoms with van der Waals surface area (Å²) in [6.07, 6.45) is 4.97. The molecule has 1 aliphatic carbocycles. The third-order valence-electron chi connectivity index (χ3n) is 3.84. The molecule has 1 aromatic rings. The van der Waals surface area contributed by atoms with Gasteiger partial charge in [-0.05, 0) is 37.0 Å². The Morgan fingerprint density at radius 3 is 2.85 bits per heavy atom. The number of nitrogens with one attached hydrogen (secondary N) is 2. The van der Waals surface area contributed by atoms with Crippen molar-refractivity contribution in [3.05, 3.63) is 27.7 Å². The zero-order valence-electron chi connectivity index (χ0n) is 11.6. The number of rotatable bonds is 4. The zero-order valence-corrected chi connectivity index (χ0v) is 13.9. The third-order valence-corrected chi connectivity index (χ3v) is 4.65. The van der Waals surface area contributed by atoms with Crippen LogP contribution in [0.2, 0.25) is 5.02 Å². The molecule has 0 spiro atoms. The monoisotopic (exact) mass is 358 g/mol. The molecule has 1 saturated carbocycles. The number of carbonyl (C=O) groups is 1. The van der Waals surface area contributed by atoms with Crippen molar-refractivity contribution in [1.29, 1.82) is 0 Å². The van der Waals surface area contributed by atoms with Crippen molar-refractivity contribution in [3.63, 3.8) is 0 Å². The average molecular weight is 360 g/mol. The molecule has 1 aromatic carbocycles. The normalized spacial score (nSPS) is 22.6. The summed E-state index contributed by atoms with van der Waals surface area (Å²) in [4.78, 5) is 12.0. The lowest BCUT2D eigenvalue weighted by Crippen LogP contribution is -2.41. The SMILES string of the molecule is CC1CCCCC1NCC(=O)Nc1ccc(Br)cc1Cl. The maximum Gasteiger partial charge on any atom is 0.238 e. The lowest BCUT2D eigenvalue weighted by Gasteiger charge is -2.29. The molecule has 2 N–H and O–H groups in total. The highest BCUT2D eigenvalue weighted by Gasteiger charge is 2.21. The lowest BCUT2D eigenvalue weighted by molar-refractivity contribution is -0.115. The van der Waals surface area contributed by atoms with Crippen LogP contribution in [0.1, 0.15) is 32.6 Å². The van der Waals surface area contributed by atoms with E-state index in [1.807, 2.05) is 6.07 Å². The topological polar surface area (TPSA) is 41.1 Å². The lowest BCUT2D eigenvalue weighted by atomic mass is 9.86. The van der Waals surface area contributed by atoms with Crippen LogP contribution in [0.3, 0.4) is 0 Å². The van der Waals surface area contributed by atoms with Crippen LogP contribution in [0.25, 0.3) is 0 Å². The van der Waals surface area contributed by atoms with Gasteiger partial charge in [-0.15, -0.1) is 0 Å². The van der Waals surface area contributed by atoms with Gasteiger partial charge < -0.3 is 10.6 Å². The predicted molar refractivity (Wildman–Crippen MR) is 87.2 cm³/mol. The van der Waals surface area contributed by atoms with Crippen molar-refractivity contribution >= 4 is 39.1 Å². The van der Waals surface area contributed by atoms with Gasteiger partial charge in [-0.1, -0.05) is 47.3 Å². The summed E-state index contributed by atoms with van der Waals surface area (Å²) < 4.78 is 0.898. The number of benzene rings is 1. The van der Waals surface area contributed by atoms with Crippen molar-refractivity contribution in [1.82, 2.24) is 5.32 Å². The molecule has 0 aliphatic heterocycles. The van der Waals surface area contributed by atoms with Gasteiger partial charge >= 0.3 is 0 Å². The molecule has 1 fully saturated rings. The first kappa shape index (κ1) is 15.8. The van der Waals surface area contributed by atoms with E-state index in [1.54, 1.807) is 12.1 Å². The summed E-state index contributed by atoms with van der Waals surface area (Å²) in [6.45, 7) is 2.59. The zero-order chi connectivity index (χ0) is 14.5. The molecular weight excluding hydrogens is 340 g/mol. The van der Waals surface area contributed by atoms with Crippen molar-refractivity contribution in [2.45, 2.75) is 38.6 Å². The highest BCUT2D eigenvalue weighted by atomic mass is 79.9. The minimum Gasteiger partial charge on any atom is -0.324 e. The Morgan fingerprint density at radius 2 is 2.15 bits per heavy atom. The van der Waals surface area contributed by atoms with Crippen molar-refractivity contribution in [2.75, 3.05) is 11.9 Å². The predicted octanol–water partition coefficient (Wildman–Crippen LogP) is 4.21. The Kier molecular flexibility index (Phi) is 5.87. The Morgan fingerprint density at radius 1 is 1.40 bits per heavy atom. The van der Waals surface area contributed by atoms with Gasteiger partial charge in [-0.3, -0.25) is 4.79 Å². The summed E-state index contributed by atoms with van der Waals surface area (Å²) >= 11 is 9.42. The number of hydrogen-bond donors (Lipinski definition) is 2. The molecule has 0 heterocycles. The molecule has 1 amide bonds. The van der Waals surface area contributed by atoms with Gasteiger partial charge in [0.15, 0.2) is 0 Å². The molecular formula is C15H20BrClN2O. The van der Waals surface area contributed by atoms with E-state index in [4.69, 9.17) is 11.6 Å². The highest BCUT2D eigenvalue weighted by Crippen LogP contribution is 2.26. The summed E-state index contributed by atoms with van der Waals surface area (Å²) in [5.74, 6) is 0.597. The molecule has 0 saturated heterocycles. The fourth-order valence-corrected chi connectivity index (χ4v) is 3.35. The van der Waals surface area contributed by atoms with Crippen molar-refractivity contribution in [3.8, 4) is 0 Å². The van der Waals surface area contributed by atoms with Gasteiger partial charge in [-0.2, -0.15) is 0 Å². The number of halogens is 2. The van der Waals surface area contributed by atoms with Gasteiger partial charge in [-0.25, -0.2) is 0 Å². The first-order valence-corrected chi connectivity index (χ1v) is 8.21. The van der Waals surface area contributed by atoms with Gasteiger partial charge in [0, 0.05) is 10.5 Å². The third kappa shape index (κ3) is 4.47. The fourth-order valence-electron chi connectivity index (χ4n) is 2.63. The van der Waals surface area contributed by atoms with Crippen molar-refractivity contribution in [2.24, 2.45) is 5.92 Å². The van der Waals surface area contributed by atoms with Crippen LogP contribution in [0, 0.1) is 5.92 Å². The smallest absolute Gasteiger partial charge is 0.238 e. The minimum absolute atomic E-state index is 0.0491. The molecule has 0 bridgehead atoms. The van der Waals surface area contributed by atoms with E-state index < -0.39 is 0 Å². The molecule has 5 heteroatoms. The molecule has 20 heavy (non-hydrogen) atoms. The standard InChI is InChI=1S/C15H20BrClN2O/c1-10-4-2-3-5-13(10)18-9-15(20)19-14-7-6-11(16)8-12(14)17/h6-8,10,13,18H,2-5,9H2,1H3,(H,19,20). The van der Waals surface area contributed by atoms with Crippen LogP contribution >= 0.6 is 27.5 Å². The Labute approximate surface area is 133 Å². The number of amides is 1. The summed E-state index contributed by atoms with van der Waals surface area (Å²) in [6, 6.07) is 5.88. The Hall–Kier alpha value is -0.580. The maximum absolute atomic E-state index is 12.0. The van der Waals surface area contributed by atoms with E-state index in [2.05, 4.69) is 33.5 Å². The van der Waals surface area contributed by atoms with Crippen LogP contribution in [0.15, 0.2) is 22.7 Å². The van der Waals surface area contributed by atoms with E-state index >= 15 is 0 Å². The Balaban J connectivity index is 1.83. The average Bonchev–Trinajstić information content (AvgIpc) is 2.41. The van der Waals surface area contributed by atoms with Crippen LogP contribution in [-0.4, -0.2) is 18.5 Å². The number of anilines is 1. The largest absolute Gasteiger partial charge is 0.324 e. The Bertz CT molecular complexity index is 481. The fraction of sp³-hybridized carbons (Fsp3) is 0.533. The molecule has 0 aromatic heterocycles. The van der Waals surface area contributed by atoms with Gasteiger partial charge in [0.25, 0.3) is 0 Å². The van der Waals surface area contributed by atoms with Crippen LogP contribution < -0.4 is 10.6 Å². The van der Waals surface area contributed by atoms with Crippen LogP contribution in [0.5, 0.6) is 0 Å². The second kappa shape index (κ2) is 7.43. The van der Waals surface area contributed by atoms with E-state index in [1.165, 1.54) is 19.3 Å². The van der Waals surface area contributed by atoms with Crippen LogP contribution in [0.4, 0.5) is 5.69 Å². The second-order valence-electron chi connectivity index (χ2n) is 5.42. The number of hydrogen-bond acceptors (Lipinski definition) is 2. The van der Waals surface area contributed by atoms with E-state index in [9.17, 15) is 4.79 Å². The first-order chi connectivity index (χ1) is 9.56. The van der Waals surface area contributed by atoms with Crippen molar-refractivity contribution < 1.29 is 4.79 Å². The van der Waals surface area contributed by atoms with Gasteiger partial charge in [0.1, 0.15) is 0 Å². The molecule has 2 unspecified atom stereocenters. The van der Waals surface area contributed by atoms with E-state index in [0.717, 1.165) is 10.9 Å². The van der Waals surface area contributed by atoms with Gasteiger partial charge in [0.2, 0.25) is 5.91 Å². The van der Waals surface area contributed by atoms with Crippen LogP contribution in [-0.2, 0) is 4.79 Å². The van der Waals surface area contributed by atoms with E-state index in [0.29, 0.717) is 29.2 Å². The molecule has 1 aliphatic rings. The summed E-state index contributed by atoms with van der Waals surface area (Å²) in [7, 11) is 0.